The van der Waals surface area contributed by atoms with Gasteiger partial charge in [0.1, 0.15) is 17.0 Å². The first-order valence-electron chi connectivity index (χ1n) is 18.7. The standard InChI is InChI=1S/C38H54F2N8O5/c1-24(2)48-23-38(39,40)33(50)45(6)29-21-41-34(44-31(29)48)43-28-9-8-26(18-30(28)52-7)32(49)42-27-19-37(20-27)12-16-46(17-13-37)22-25-10-14-47(15-11-25)35(51)53-36(3,4)5/h8-9,18,21,24-25,27H,10-17,19-20,22-23H2,1-7H3,(H,42,49)(H,41,43,44). The van der Waals surface area contributed by atoms with E-state index in [1.165, 1.54) is 25.3 Å². The molecule has 2 saturated heterocycles. The fraction of sp³-hybridized carbons (Fsp3) is 0.658. The molecule has 1 spiro atoms. The maximum Gasteiger partial charge on any atom is 0.410 e. The third kappa shape index (κ3) is 8.60. The van der Waals surface area contributed by atoms with Crippen LogP contribution in [0.2, 0.25) is 0 Å². The molecule has 6 rings (SSSR count). The lowest BCUT2D eigenvalue weighted by atomic mass is 9.60. The van der Waals surface area contributed by atoms with E-state index in [1.807, 2.05) is 25.7 Å². The van der Waals surface area contributed by atoms with E-state index in [2.05, 4.69) is 25.5 Å². The van der Waals surface area contributed by atoms with E-state index in [9.17, 15) is 23.2 Å². The average Bonchev–Trinajstić information content (AvgIpc) is 3.16. The molecule has 1 aromatic carbocycles. The fourth-order valence-corrected chi connectivity index (χ4v) is 8.03. The number of methoxy groups -OCH3 is 1. The van der Waals surface area contributed by atoms with E-state index in [1.54, 1.807) is 32.0 Å². The number of amides is 3. The van der Waals surface area contributed by atoms with E-state index in [0.717, 1.165) is 76.1 Å². The van der Waals surface area contributed by atoms with Gasteiger partial charge in [0.05, 0.1) is 25.5 Å². The number of anilines is 4. The van der Waals surface area contributed by atoms with Crippen LogP contribution in [0.3, 0.4) is 0 Å². The molecule has 4 heterocycles. The second-order valence-electron chi connectivity index (χ2n) is 16.5. The monoisotopic (exact) mass is 740 g/mol. The molecule has 290 valence electrons. The molecule has 53 heavy (non-hydrogen) atoms. The Morgan fingerprint density at radius 1 is 1.08 bits per heavy atom. The number of rotatable bonds is 8. The van der Waals surface area contributed by atoms with Crippen molar-refractivity contribution >= 4 is 41.0 Å². The summed E-state index contributed by atoms with van der Waals surface area (Å²) in [6, 6.07) is 4.80. The van der Waals surface area contributed by atoms with Crippen molar-refractivity contribution in [2.75, 3.05) is 68.5 Å². The Hall–Kier alpha value is -4.27. The van der Waals surface area contributed by atoms with Crippen LogP contribution in [0.25, 0.3) is 0 Å². The van der Waals surface area contributed by atoms with Gasteiger partial charge in [-0.1, -0.05) is 0 Å². The Bertz CT molecular complexity index is 1680. The van der Waals surface area contributed by atoms with E-state index in [4.69, 9.17) is 9.47 Å². The van der Waals surface area contributed by atoms with Crippen molar-refractivity contribution in [1.29, 1.82) is 0 Å². The number of hydrogen-bond acceptors (Lipinski definition) is 10. The van der Waals surface area contributed by atoms with Gasteiger partial charge in [-0.25, -0.2) is 9.78 Å². The van der Waals surface area contributed by atoms with E-state index >= 15 is 0 Å². The number of carbonyl (C=O) groups excluding carboxylic acids is 3. The molecular weight excluding hydrogens is 686 g/mol. The largest absolute Gasteiger partial charge is 0.495 e. The molecule has 0 atom stereocenters. The Morgan fingerprint density at radius 3 is 2.38 bits per heavy atom. The first-order chi connectivity index (χ1) is 25.0. The molecule has 1 saturated carbocycles. The summed E-state index contributed by atoms with van der Waals surface area (Å²) >= 11 is 0. The van der Waals surface area contributed by atoms with Crippen LogP contribution in [-0.2, 0) is 9.53 Å². The molecule has 13 nitrogen and oxygen atoms in total. The van der Waals surface area contributed by atoms with Crippen LogP contribution in [0.4, 0.5) is 36.7 Å². The smallest absolute Gasteiger partial charge is 0.410 e. The summed E-state index contributed by atoms with van der Waals surface area (Å²) in [5.41, 5.74) is 0.928. The van der Waals surface area contributed by atoms with Gasteiger partial charge in [0, 0.05) is 44.3 Å². The van der Waals surface area contributed by atoms with E-state index in [-0.39, 0.29) is 47.0 Å². The summed E-state index contributed by atoms with van der Waals surface area (Å²) in [5.74, 6) is -3.75. The minimum Gasteiger partial charge on any atom is -0.495 e. The van der Waals surface area contributed by atoms with Gasteiger partial charge in [-0.05, 0) is 116 Å². The zero-order chi connectivity index (χ0) is 38.3. The first kappa shape index (κ1) is 38.5. The lowest BCUT2D eigenvalue weighted by Gasteiger charge is -2.52. The summed E-state index contributed by atoms with van der Waals surface area (Å²) in [5, 5.41) is 6.29. The second kappa shape index (κ2) is 14.9. The molecular formula is C38H54F2N8O5. The lowest BCUT2D eigenvalue weighted by molar-refractivity contribution is -0.140. The molecule has 15 heteroatoms. The zero-order valence-electron chi connectivity index (χ0n) is 32.0. The second-order valence-corrected chi connectivity index (χ2v) is 16.5. The van der Waals surface area contributed by atoms with Crippen molar-refractivity contribution < 1.29 is 32.6 Å². The highest BCUT2D eigenvalue weighted by molar-refractivity contribution is 6.02. The Morgan fingerprint density at radius 2 is 1.75 bits per heavy atom. The van der Waals surface area contributed by atoms with Gasteiger partial charge in [0.25, 0.3) is 11.8 Å². The number of hydrogen-bond donors (Lipinski definition) is 2. The molecule has 1 aliphatic carbocycles. The van der Waals surface area contributed by atoms with Crippen molar-refractivity contribution in [2.45, 2.75) is 96.8 Å². The Kier molecular flexibility index (Phi) is 10.8. The van der Waals surface area contributed by atoms with E-state index < -0.39 is 24.0 Å². The normalized spacial score (nSPS) is 20.9. The molecule has 2 N–H and O–H groups in total. The van der Waals surface area contributed by atoms with Crippen molar-refractivity contribution in [2.24, 2.45) is 11.3 Å². The van der Waals surface area contributed by atoms with E-state index in [0.29, 0.717) is 22.9 Å². The van der Waals surface area contributed by atoms with Crippen LogP contribution in [0.1, 0.15) is 83.5 Å². The van der Waals surface area contributed by atoms with Gasteiger partial charge in [0.15, 0.2) is 5.82 Å². The number of nitrogens with one attached hydrogen (secondary N) is 2. The Labute approximate surface area is 310 Å². The number of piperidine rings is 2. The average molecular weight is 741 g/mol. The number of alkyl halides is 2. The minimum atomic E-state index is -3.59. The highest BCUT2D eigenvalue weighted by Gasteiger charge is 2.48. The SMILES string of the molecule is COc1cc(C(=O)NC2CC3(CCN(CC4CCN(C(=O)OC(C)(C)C)CC4)CC3)C2)ccc1Nc1ncc2c(n1)N(C(C)C)CC(F)(F)C(=O)N2C. The number of ether oxygens (including phenoxy) is 2. The highest BCUT2D eigenvalue weighted by atomic mass is 19.3. The molecule has 0 unspecified atom stereocenters. The van der Waals surface area contributed by atoms with Crippen molar-refractivity contribution in [1.82, 2.24) is 25.1 Å². The summed E-state index contributed by atoms with van der Waals surface area (Å²) in [7, 11) is 2.79. The quantitative estimate of drug-likeness (QED) is 0.349. The Balaban J connectivity index is 0.990. The van der Waals surface area contributed by atoms with Gasteiger partial charge >= 0.3 is 12.0 Å². The molecule has 1 aromatic heterocycles. The summed E-state index contributed by atoms with van der Waals surface area (Å²) in [6.07, 6.45) is 7.32. The fourth-order valence-electron chi connectivity index (χ4n) is 8.03. The molecule has 3 aliphatic heterocycles. The molecule has 2 aromatic rings. The third-order valence-corrected chi connectivity index (χ3v) is 11.1. The van der Waals surface area contributed by atoms with Gasteiger partial charge in [0.2, 0.25) is 5.95 Å². The number of likely N-dealkylation sites (tertiary alicyclic amines) is 2. The predicted octanol–water partition coefficient (Wildman–Crippen LogP) is 5.68. The molecule has 3 fully saturated rings. The lowest BCUT2D eigenvalue weighted by Crippen LogP contribution is -2.55. The van der Waals surface area contributed by atoms with Gasteiger partial charge in [-0.2, -0.15) is 13.8 Å². The van der Waals surface area contributed by atoms with Crippen LogP contribution in [0, 0.1) is 11.3 Å². The predicted molar refractivity (Wildman–Crippen MR) is 198 cm³/mol. The van der Waals surface area contributed by atoms with Crippen LogP contribution in [0.15, 0.2) is 24.4 Å². The van der Waals surface area contributed by atoms with Gasteiger partial charge < -0.3 is 39.7 Å². The number of carbonyl (C=O) groups is 3. The van der Waals surface area contributed by atoms with Crippen molar-refractivity contribution in [3.05, 3.63) is 30.0 Å². The topological polar surface area (TPSA) is 132 Å². The molecule has 4 aliphatic rings. The van der Waals surface area contributed by atoms with Gasteiger partial charge in [-0.15, -0.1) is 0 Å². The van der Waals surface area contributed by atoms with Crippen LogP contribution < -0.4 is 25.2 Å². The summed E-state index contributed by atoms with van der Waals surface area (Å²) in [6.45, 7) is 13.1. The molecule has 0 radical (unpaired) electrons. The molecule has 3 amide bonds. The van der Waals surface area contributed by atoms with Crippen molar-refractivity contribution in [3.63, 3.8) is 0 Å². The maximum absolute atomic E-state index is 14.7. The zero-order valence-corrected chi connectivity index (χ0v) is 32.0. The third-order valence-electron chi connectivity index (χ3n) is 11.1. The van der Waals surface area contributed by atoms with Crippen molar-refractivity contribution in [3.8, 4) is 5.75 Å². The minimum absolute atomic E-state index is 0.115. The van der Waals surface area contributed by atoms with Crippen LogP contribution >= 0.6 is 0 Å². The molecule has 0 bridgehead atoms. The summed E-state index contributed by atoms with van der Waals surface area (Å²) in [4.78, 5) is 53.7. The van der Waals surface area contributed by atoms with Crippen LogP contribution in [0.5, 0.6) is 5.75 Å². The number of benzene rings is 1. The maximum atomic E-state index is 14.7. The number of fused-ring (bicyclic) bond motifs is 1. The number of halogens is 2. The number of nitrogens with zero attached hydrogens (tertiary/aromatic N) is 6. The highest BCUT2D eigenvalue weighted by Crippen LogP contribution is 2.49. The van der Waals surface area contributed by atoms with Crippen LogP contribution in [-0.4, -0.2) is 115 Å². The first-order valence-corrected chi connectivity index (χ1v) is 18.7. The number of aromatic nitrogens is 2. The van der Waals surface area contributed by atoms with Gasteiger partial charge in [-0.3, -0.25) is 9.59 Å². The summed E-state index contributed by atoms with van der Waals surface area (Å²) < 4.78 is 40.6.